The SMILES string of the molecule is Cc1nccn1-c1nccc(B2OC(C)(C)C(C)(C)O2)n1. The Morgan fingerprint density at radius 2 is 1.71 bits per heavy atom. The second-order valence-electron chi connectivity index (χ2n) is 6.21. The van der Waals surface area contributed by atoms with Gasteiger partial charge in [0.2, 0.25) is 5.95 Å². The molecule has 0 aromatic carbocycles. The predicted octanol–water partition coefficient (Wildman–Crippen LogP) is 1.27. The first-order valence-electron chi connectivity index (χ1n) is 6.99. The van der Waals surface area contributed by atoms with Crippen molar-refractivity contribution in [2.75, 3.05) is 0 Å². The van der Waals surface area contributed by atoms with Crippen molar-refractivity contribution in [1.29, 1.82) is 0 Å². The summed E-state index contributed by atoms with van der Waals surface area (Å²) in [4.78, 5) is 13.0. The van der Waals surface area contributed by atoms with Crippen LogP contribution >= 0.6 is 0 Å². The van der Waals surface area contributed by atoms with E-state index in [9.17, 15) is 0 Å². The van der Waals surface area contributed by atoms with Gasteiger partial charge in [0.1, 0.15) is 5.82 Å². The van der Waals surface area contributed by atoms with Gasteiger partial charge in [-0.25, -0.2) is 15.0 Å². The lowest BCUT2D eigenvalue weighted by Crippen LogP contribution is -2.41. The third kappa shape index (κ3) is 2.36. The smallest absolute Gasteiger partial charge is 0.398 e. The van der Waals surface area contributed by atoms with Crippen LogP contribution in [-0.4, -0.2) is 37.8 Å². The molecule has 0 unspecified atom stereocenters. The normalized spacial score (nSPS) is 20.0. The number of aryl methyl sites for hydroxylation is 1. The molecule has 3 rings (SSSR count). The highest BCUT2D eigenvalue weighted by molar-refractivity contribution is 6.61. The molecule has 1 saturated heterocycles. The topological polar surface area (TPSA) is 62.1 Å². The van der Waals surface area contributed by atoms with Crippen molar-refractivity contribution in [3.63, 3.8) is 0 Å². The predicted molar refractivity (Wildman–Crippen MR) is 79.6 cm³/mol. The van der Waals surface area contributed by atoms with E-state index in [0.29, 0.717) is 11.5 Å². The van der Waals surface area contributed by atoms with E-state index in [1.807, 2.05) is 51.4 Å². The molecule has 2 aromatic heterocycles. The van der Waals surface area contributed by atoms with Crippen LogP contribution in [0.2, 0.25) is 0 Å². The van der Waals surface area contributed by atoms with Crippen LogP contribution in [0.1, 0.15) is 33.5 Å². The first-order valence-corrected chi connectivity index (χ1v) is 6.99. The van der Waals surface area contributed by atoms with Crippen LogP contribution in [0, 0.1) is 6.92 Å². The van der Waals surface area contributed by atoms with E-state index in [4.69, 9.17) is 9.31 Å². The summed E-state index contributed by atoms with van der Waals surface area (Å²) < 4.78 is 13.9. The molecule has 0 saturated carbocycles. The highest BCUT2D eigenvalue weighted by Gasteiger charge is 2.52. The van der Waals surface area contributed by atoms with E-state index < -0.39 is 7.12 Å². The largest absolute Gasteiger partial charge is 0.514 e. The Morgan fingerprint density at radius 3 is 2.29 bits per heavy atom. The van der Waals surface area contributed by atoms with Crippen molar-refractivity contribution in [3.8, 4) is 5.95 Å². The molecule has 6 nitrogen and oxygen atoms in total. The number of aromatic nitrogens is 4. The van der Waals surface area contributed by atoms with Crippen LogP contribution in [0.4, 0.5) is 0 Å². The van der Waals surface area contributed by atoms with Gasteiger partial charge in [-0.1, -0.05) is 0 Å². The fourth-order valence-corrected chi connectivity index (χ4v) is 2.16. The van der Waals surface area contributed by atoms with E-state index >= 15 is 0 Å². The molecular weight excluding hydrogens is 267 g/mol. The molecule has 1 aliphatic heterocycles. The van der Waals surface area contributed by atoms with Gasteiger partial charge in [-0.3, -0.25) is 4.57 Å². The lowest BCUT2D eigenvalue weighted by Gasteiger charge is -2.32. The molecule has 2 aromatic rings. The molecule has 3 heterocycles. The highest BCUT2D eigenvalue weighted by Crippen LogP contribution is 2.36. The Morgan fingerprint density at radius 1 is 1.05 bits per heavy atom. The first kappa shape index (κ1) is 14.2. The lowest BCUT2D eigenvalue weighted by molar-refractivity contribution is 0.00578. The summed E-state index contributed by atoms with van der Waals surface area (Å²) in [6.07, 6.45) is 5.26. The fourth-order valence-electron chi connectivity index (χ4n) is 2.16. The average Bonchev–Trinajstić information content (AvgIpc) is 2.92. The Kier molecular flexibility index (Phi) is 3.14. The van der Waals surface area contributed by atoms with Gasteiger partial charge in [-0.15, -0.1) is 0 Å². The zero-order chi connectivity index (χ0) is 15.3. The minimum absolute atomic E-state index is 0.381. The Labute approximate surface area is 124 Å². The van der Waals surface area contributed by atoms with E-state index in [0.717, 1.165) is 5.82 Å². The first-order chi connectivity index (χ1) is 9.80. The van der Waals surface area contributed by atoms with Crippen molar-refractivity contribution < 1.29 is 9.31 Å². The van der Waals surface area contributed by atoms with Crippen molar-refractivity contribution >= 4 is 12.7 Å². The minimum Gasteiger partial charge on any atom is -0.398 e. The van der Waals surface area contributed by atoms with Gasteiger partial charge < -0.3 is 9.31 Å². The maximum Gasteiger partial charge on any atom is 0.514 e. The van der Waals surface area contributed by atoms with Gasteiger partial charge in [0.15, 0.2) is 0 Å². The molecule has 0 bridgehead atoms. The summed E-state index contributed by atoms with van der Waals surface area (Å²) >= 11 is 0. The molecule has 0 amide bonds. The van der Waals surface area contributed by atoms with Crippen molar-refractivity contribution in [1.82, 2.24) is 19.5 Å². The number of nitrogens with zero attached hydrogens (tertiary/aromatic N) is 4. The van der Waals surface area contributed by atoms with Crippen molar-refractivity contribution in [2.24, 2.45) is 0 Å². The number of hydrogen-bond acceptors (Lipinski definition) is 5. The molecular formula is C14H19BN4O2. The third-order valence-electron chi connectivity index (χ3n) is 4.20. The number of imidazole rings is 1. The van der Waals surface area contributed by atoms with Crippen molar-refractivity contribution in [3.05, 3.63) is 30.5 Å². The third-order valence-corrected chi connectivity index (χ3v) is 4.20. The summed E-state index contributed by atoms with van der Waals surface area (Å²) in [5.41, 5.74) is -0.0479. The molecule has 0 aliphatic carbocycles. The Hall–Kier alpha value is -1.73. The Balaban J connectivity index is 1.94. The summed E-state index contributed by atoms with van der Waals surface area (Å²) in [5.74, 6) is 1.40. The van der Waals surface area contributed by atoms with Crippen LogP contribution in [-0.2, 0) is 9.31 Å². The maximum atomic E-state index is 6.02. The molecule has 110 valence electrons. The summed E-state index contributed by atoms with van der Waals surface area (Å²) in [7, 11) is -0.486. The van der Waals surface area contributed by atoms with Crippen molar-refractivity contribution in [2.45, 2.75) is 45.8 Å². The van der Waals surface area contributed by atoms with Crippen LogP contribution in [0.25, 0.3) is 5.95 Å². The van der Waals surface area contributed by atoms with E-state index in [1.165, 1.54) is 0 Å². The molecule has 0 N–H and O–H groups in total. The lowest BCUT2D eigenvalue weighted by atomic mass is 9.85. The monoisotopic (exact) mass is 286 g/mol. The molecule has 0 atom stereocenters. The minimum atomic E-state index is -0.486. The summed E-state index contributed by atoms with van der Waals surface area (Å²) in [5, 5.41) is 0. The second kappa shape index (κ2) is 4.64. The molecule has 7 heteroatoms. The quantitative estimate of drug-likeness (QED) is 0.778. The maximum absolute atomic E-state index is 6.02. The second-order valence-corrected chi connectivity index (χ2v) is 6.21. The fraction of sp³-hybridized carbons (Fsp3) is 0.500. The van der Waals surface area contributed by atoms with Crippen LogP contribution in [0.3, 0.4) is 0 Å². The zero-order valence-electron chi connectivity index (χ0n) is 13.0. The molecule has 1 fully saturated rings. The van der Waals surface area contributed by atoms with Gasteiger partial charge in [0.25, 0.3) is 0 Å². The molecule has 1 aliphatic rings. The van der Waals surface area contributed by atoms with E-state index in [2.05, 4.69) is 15.0 Å². The summed E-state index contributed by atoms with van der Waals surface area (Å²) in [6.45, 7) is 10.00. The van der Waals surface area contributed by atoms with E-state index in [-0.39, 0.29) is 11.2 Å². The van der Waals surface area contributed by atoms with Gasteiger partial charge in [0.05, 0.1) is 16.8 Å². The highest BCUT2D eigenvalue weighted by atomic mass is 16.7. The van der Waals surface area contributed by atoms with Gasteiger partial charge in [-0.2, -0.15) is 0 Å². The molecule has 0 radical (unpaired) electrons. The summed E-state index contributed by atoms with van der Waals surface area (Å²) in [6, 6.07) is 1.82. The Bertz CT molecular complexity index is 652. The van der Waals surface area contributed by atoms with Crippen LogP contribution in [0.15, 0.2) is 24.7 Å². The van der Waals surface area contributed by atoms with Gasteiger partial charge in [0, 0.05) is 18.6 Å². The molecule has 0 spiro atoms. The van der Waals surface area contributed by atoms with Crippen LogP contribution < -0.4 is 5.59 Å². The standard InChI is InChI=1S/C14H19BN4O2/c1-10-16-8-9-19(10)12-17-7-6-11(18-12)15-20-13(2,3)14(4,5)21-15/h6-9H,1-5H3. The number of rotatable bonds is 2. The average molecular weight is 286 g/mol. The van der Waals surface area contributed by atoms with E-state index in [1.54, 1.807) is 12.4 Å². The van der Waals surface area contributed by atoms with Gasteiger partial charge >= 0.3 is 7.12 Å². The number of hydrogen-bond donors (Lipinski definition) is 0. The van der Waals surface area contributed by atoms with Gasteiger partial charge in [-0.05, 0) is 40.7 Å². The van der Waals surface area contributed by atoms with Crippen LogP contribution in [0.5, 0.6) is 0 Å². The zero-order valence-corrected chi connectivity index (χ0v) is 13.0. The molecule has 21 heavy (non-hydrogen) atoms.